The highest BCUT2D eigenvalue weighted by Gasteiger charge is 2.35. The van der Waals surface area contributed by atoms with Crippen molar-refractivity contribution in [1.82, 2.24) is 4.57 Å². The summed E-state index contributed by atoms with van der Waals surface area (Å²) in [6, 6.07) is 7.78. The average Bonchev–Trinajstić information content (AvgIpc) is 3.18. The molecule has 1 N–H and O–H groups in total. The number of allylic oxidation sites excluding steroid dienone is 1. The smallest absolute Gasteiger partial charge is 0.338 e. The number of halogens is 1. The van der Waals surface area contributed by atoms with Crippen molar-refractivity contribution in [2.45, 2.75) is 19.9 Å². The molecule has 0 saturated carbocycles. The maximum absolute atomic E-state index is 13.8. The zero-order chi connectivity index (χ0) is 26.9. The molecule has 2 aromatic carbocycles. The fraction of sp³-hybridized carbons (Fsp3) is 0.269. The summed E-state index contributed by atoms with van der Waals surface area (Å²) in [5.41, 5.74) is 1.64. The van der Waals surface area contributed by atoms with Crippen LogP contribution in [0.4, 0.5) is 0 Å². The van der Waals surface area contributed by atoms with Gasteiger partial charge in [-0.15, -0.1) is 0 Å². The second-order valence-corrected chi connectivity index (χ2v) is 10.1. The minimum absolute atomic E-state index is 0.0306. The summed E-state index contributed by atoms with van der Waals surface area (Å²) in [6.45, 7) is 3.62. The molecule has 1 aliphatic rings. The van der Waals surface area contributed by atoms with E-state index in [0.29, 0.717) is 47.0 Å². The lowest BCUT2D eigenvalue weighted by atomic mass is 9.95. The number of phenolic OH excluding ortho intramolecular Hbond substituents is 1. The van der Waals surface area contributed by atoms with Crippen LogP contribution in [0.3, 0.4) is 0 Å². The minimum atomic E-state index is -0.826. The summed E-state index contributed by atoms with van der Waals surface area (Å²) < 4.78 is 24.0. The summed E-state index contributed by atoms with van der Waals surface area (Å²) in [5, 5.41) is 10.2. The number of benzene rings is 2. The summed E-state index contributed by atoms with van der Waals surface area (Å²) in [5.74, 6) is 0.796. The molecule has 9 nitrogen and oxygen atoms in total. The number of carbonyl (C=O) groups excluding carboxylic acids is 1. The van der Waals surface area contributed by atoms with Crippen molar-refractivity contribution in [2.75, 3.05) is 27.9 Å². The standard InChI is InChI=1S/C26H25IN2O7S/c1-6-36-25(32)21-13(2)28-26-29(22(21)16-8-7-15(33-3)12-18(16)34-4)24(31)20(37-26)11-14-9-17(27)23(30)19(10-14)35-5/h7-12,22,30H,6H2,1-5H3/b20-11-/t22-/m0/s1. The molecule has 3 aromatic rings. The van der Waals surface area contributed by atoms with Crippen LogP contribution < -0.4 is 29.1 Å². The number of aromatic nitrogens is 1. The molecular formula is C26H25IN2O7S. The molecule has 1 aromatic heterocycles. The molecule has 11 heteroatoms. The molecule has 0 fully saturated rings. The van der Waals surface area contributed by atoms with Crippen molar-refractivity contribution in [2.24, 2.45) is 4.99 Å². The van der Waals surface area contributed by atoms with Gasteiger partial charge in [0.1, 0.15) is 17.5 Å². The molecule has 2 heterocycles. The summed E-state index contributed by atoms with van der Waals surface area (Å²) in [6.07, 6.45) is 1.71. The van der Waals surface area contributed by atoms with Crippen molar-refractivity contribution in [1.29, 1.82) is 0 Å². The number of phenols is 1. The van der Waals surface area contributed by atoms with E-state index in [-0.39, 0.29) is 23.5 Å². The lowest BCUT2D eigenvalue weighted by Gasteiger charge is -2.26. The fourth-order valence-corrected chi connectivity index (χ4v) is 5.79. The Balaban J connectivity index is 1.99. The van der Waals surface area contributed by atoms with E-state index in [1.165, 1.54) is 30.1 Å². The first-order valence-corrected chi connectivity index (χ1v) is 13.1. The minimum Gasteiger partial charge on any atom is -0.504 e. The van der Waals surface area contributed by atoms with Gasteiger partial charge in [0.05, 0.1) is 47.3 Å². The largest absolute Gasteiger partial charge is 0.504 e. The van der Waals surface area contributed by atoms with Gasteiger partial charge >= 0.3 is 5.97 Å². The van der Waals surface area contributed by atoms with Crippen LogP contribution in [0.15, 0.2) is 51.4 Å². The summed E-state index contributed by atoms with van der Waals surface area (Å²) in [4.78, 5) is 32.0. The van der Waals surface area contributed by atoms with Crippen molar-refractivity contribution in [3.63, 3.8) is 0 Å². The molecule has 0 aliphatic carbocycles. The Kier molecular flexibility index (Phi) is 7.93. The highest BCUT2D eigenvalue weighted by Crippen LogP contribution is 2.38. The molecule has 0 saturated heterocycles. The number of methoxy groups -OCH3 is 3. The third-order valence-corrected chi connectivity index (χ3v) is 7.63. The van der Waals surface area contributed by atoms with Gasteiger partial charge in [0.25, 0.3) is 5.56 Å². The normalized spacial score (nSPS) is 15.2. The molecule has 0 spiro atoms. The van der Waals surface area contributed by atoms with Crippen LogP contribution in [-0.2, 0) is 9.53 Å². The fourth-order valence-electron chi connectivity index (χ4n) is 4.11. The Hall–Kier alpha value is -3.32. The van der Waals surface area contributed by atoms with E-state index in [1.54, 1.807) is 57.4 Å². The van der Waals surface area contributed by atoms with E-state index in [1.807, 2.05) is 22.6 Å². The van der Waals surface area contributed by atoms with Crippen LogP contribution in [0.5, 0.6) is 23.0 Å². The van der Waals surface area contributed by atoms with Crippen molar-refractivity contribution in [3.8, 4) is 23.0 Å². The van der Waals surface area contributed by atoms with Crippen LogP contribution in [0, 0.1) is 3.57 Å². The number of fused-ring (bicyclic) bond motifs is 1. The van der Waals surface area contributed by atoms with Gasteiger partial charge in [-0.25, -0.2) is 9.79 Å². The molecule has 1 aliphatic heterocycles. The van der Waals surface area contributed by atoms with Crippen molar-refractivity contribution in [3.05, 3.63) is 76.0 Å². The average molecular weight is 636 g/mol. The van der Waals surface area contributed by atoms with E-state index in [0.717, 1.165) is 0 Å². The molecule has 0 amide bonds. The first kappa shape index (κ1) is 26.7. The molecule has 1 atom stereocenters. The van der Waals surface area contributed by atoms with Gasteiger partial charge in [-0.05, 0) is 72.3 Å². The quantitative estimate of drug-likeness (QED) is 0.314. The topological polar surface area (TPSA) is 109 Å². The van der Waals surface area contributed by atoms with Gasteiger partial charge < -0.3 is 24.1 Å². The predicted octanol–water partition coefficient (Wildman–Crippen LogP) is 3.13. The third-order valence-electron chi connectivity index (χ3n) is 5.82. The van der Waals surface area contributed by atoms with Crippen LogP contribution in [0.2, 0.25) is 0 Å². The molecule has 4 rings (SSSR count). The van der Waals surface area contributed by atoms with Gasteiger partial charge in [-0.2, -0.15) is 0 Å². The number of aromatic hydroxyl groups is 1. The number of rotatable bonds is 7. The Morgan fingerprint density at radius 1 is 1.16 bits per heavy atom. The molecule has 37 heavy (non-hydrogen) atoms. The van der Waals surface area contributed by atoms with Gasteiger partial charge in [0, 0.05) is 11.6 Å². The van der Waals surface area contributed by atoms with E-state index in [9.17, 15) is 14.7 Å². The Morgan fingerprint density at radius 3 is 2.54 bits per heavy atom. The lowest BCUT2D eigenvalue weighted by Crippen LogP contribution is -2.40. The van der Waals surface area contributed by atoms with E-state index in [4.69, 9.17) is 18.9 Å². The van der Waals surface area contributed by atoms with Crippen molar-refractivity contribution < 1.29 is 28.8 Å². The first-order chi connectivity index (χ1) is 17.7. The van der Waals surface area contributed by atoms with Crippen LogP contribution in [0.1, 0.15) is 31.0 Å². The third kappa shape index (κ3) is 4.97. The lowest BCUT2D eigenvalue weighted by molar-refractivity contribution is -0.139. The van der Waals surface area contributed by atoms with Crippen LogP contribution >= 0.6 is 33.9 Å². The maximum atomic E-state index is 13.8. The Labute approximate surface area is 230 Å². The van der Waals surface area contributed by atoms with Gasteiger partial charge in [-0.1, -0.05) is 11.3 Å². The highest BCUT2D eigenvalue weighted by atomic mass is 127. The monoisotopic (exact) mass is 636 g/mol. The number of carbonyl (C=O) groups is 1. The van der Waals surface area contributed by atoms with Gasteiger partial charge in [-0.3, -0.25) is 9.36 Å². The second-order valence-electron chi connectivity index (χ2n) is 7.96. The predicted molar refractivity (Wildman–Crippen MR) is 147 cm³/mol. The van der Waals surface area contributed by atoms with E-state index < -0.39 is 12.0 Å². The number of thiazole rings is 1. The zero-order valence-corrected chi connectivity index (χ0v) is 23.8. The van der Waals surface area contributed by atoms with Crippen LogP contribution in [0.25, 0.3) is 6.08 Å². The number of nitrogens with zero attached hydrogens (tertiary/aromatic N) is 2. The van der Waals surface area contributed by atoms with E-state index in [2.05, 4.69) is 4.99 Å². The SMILES string of the molecule is CCOC(=O)C1=C(C)N=c2s/c(=C\c3cc(I)c(O)c(OC)c3)c(=O)n2[C@H]1c1ccc(OC)cc1OC. The highest BCUT2D eigenvalue weighted by molar-refractivity contribution is 14.1. The molecule has 0 radical (unpaired) electrons. The maximum Gasteiger partial charge on any atom is 0.338 e. The second kappa shape index (κ2) is 11.0. The van der Waals surface area contributed by atoms with Crippen LogP contribution in [-0.4, -0.2) is 43.6 Å². The zero-order valence-electron chi connectivity index (χ0n) is 20.8. The first-order valence-electron chi connectivity index (χ1n) is 11.2. The number of hydrogen-bond donors (Lipinski definition) is 1. The summed E-state index contributed by atoms with van der Waals surface area (Å²) in [7, 11) is 4.53. The Bertz CT molecular complexity index is 1590. The molecule has 0 bridgehead atoms. The molecule has 0 unspecified atom stereocenters. The van der Waals surface area contributed by atoms with Gasteiger partial charge in [0.15, 0.2) is 16.3 Å². The number of ether oxygens (including phenoxy) is 4. The Morgan fingerprint density at radius 2 is 1.89 bits per heavy atom. The number of hydrogen-bond acceptors (Lipinski definition) is 9. The summed E-state index contributed by atoms with van der Waals surface area (Å²) >= 11 is 3.20. The van der Waals surface area contributed by atoms with E-state index >= 15 is 0 Å². The number of esters is 1. The van der Waals surface area contributed by atoms with Crippen molar-refractivity contribution >= 4 is 46.0 Å². The molecule has 194 valence electrons. The molecular weight excluding hydrogens is 611 g/mol. The van der Waals surface area contributed by atoms with Gasteiger partial charge in [0.2, 0.25) is 0 Å².